The molecule has 1 N–H and O–H groups in total. The van der Waals surface area contributed by atoms with Gasteiger partial charge in [-0.2, -0.15) is 0 Å². The SMILES string of the molecule is COc1ccc(CNC(=O)c2cc3c(F)cccc3n2C)cc1. The van der Waals surface area contributed by atoms with E-state index in [4.69, 9.17) is 4.74 Å². The predicted octanol–water partition coefficient (Wildman–Crippen LogP) is 3.26. The zero-order chi connectivity index (χ0) is 16.4. The van der Waals surface area contributed by atoms with Crippen molar-refractivity contribution in [2.45, 2.75) is 6.54 Å². The van der Waals surface area contributed by atoms with Gasteiger partial charge in [-0.1, -0.05) is 18.2 Å². The number of hydrogen-bond acceptors (Lipinski definition) is 2. The smallest absolute Gasteiger partial charge is 0.268 e. The largest absolute Gasteiger partial charge is 0.497 e. The molecule has 0 spiro atoms. The van der Waals surface area contributed by atoms with Gasteiger partial charge in [-0.3, -0.25) is 4.79 Å². The summed E-state index contributed by atoms with van der Waals surface area (Å²) in [6, 6.07) is 13.9. The number of aryl methyl sites for hydroxylation is 1. The summed E-state index contributed by atoms with van der Waals surface area (Å²) in [5, 5.41) is 3.30. The van der Waals surface area contributed by atoms with Crippen LogP contribution in [0.2, 0.25) is 0 Å². The van der Waals surface area contributed by atoms with Crippen molar-refractivity contribution in [3.05, 3.63) is 65.6 Å². The van der Waals surface area contributed by atoms with Crippen molar-refractivity contribution in [1.82, 2.24) is 9.88 Å². The Balaban J connectivity index is 1.78. The summed E-state index contributed by atoms with van der Waals surface area (Å²) >= 11 is 0. The number of rotatable bonds is 4. The first-order valence-electron chi connectivity index (χ1n) is 7.25. The van der Waals surface area contributed by atoms with Gasteiger partial charge in [-0.05, 0) is 35.9 Å². The Morgan fingerprint density at radius 1 is 1.22 bits per heavy atom. The number of methoxy groups -OCH3 is 1. The van der Waals surface area contributed by atoms with Crippen molar-refractivity contribution >= 4 is 16.8 Å². The minimum absolute atomic E-state index is 0.237. The summed E-state index contributed by atoms with van der Waals surface area (Å²) in [6.07, 6.45) is 0. The van der Waals surface area contributed by atoms with Crippen LogP contribution in [0.3, 0.4) is 0 Å². The summed E-state index contributed by atoms with van der Waals surface area (Å²) in [7, 11) is 3.36. The summed E-state index contributed by atoms with van der Waals surface area (Å²) in [6.45, 7) is 0.396. The van der Waals surface area contributed by atoms with Gasteiger partial charge in [0, 0.05) is 19.0 Å². The average molecular weight is 312 g/mol. The van der Waals surface area contributed by atoms with Gasteiger partial charge in [0.1, 0.15) is 17.3 Å². The molecular weight excluding hydrogens is 295 g/mol. The van der Waals surface area contributed by atoms with Crippen LogP contribution in [0.4, 0.5) is 4.39 Å². The molecule has 2 aromatic carbocycles. The molecule has 3 rings (SSSR count). The van der Waals surface area contributed by atoms with Gasteiger partial charge >= 0.3 is 0 Å². The van der Waals surface area contributed by atoms with Crippen molar-refractivity contribution in [3.63, 3.8) is 0 Å². The quantitative estimate of drug-likeness (QED) is 0.803. The normalized spacial score (nSPS) is 10.7. The van der Waals surface area contributed by atoms with Gasteiger partial charge < -0.3 is 14.6 Å². The monoisotopic (exact) mass is 312 g/mol. The highest BCUT2D eigenvalue weighted by Crippen LogP contribution is 2.21. The lowest BCUT2D eigenvalue weighted by Crippen LogP contribution is -2.24. The van der Waals surface area contributed by atoms with Gasteiger partial charge in [-0.25, -0.2) is 4.39 Å². The fourth-order valence-electron chi connectivity index (χ4n) is 2.56. The third-order valence-corrected chi connectivity index (χ3v) is 3.88. The van der Waals surface area contributed by atoms with Gasteiger partial charge in [-0.15, -0.1) is 0 Å². The molecular formula is C18H17FN2O2. The first-order chi connectivity index (χ1) is 11.1. The Labute approximate surface area is 133 Å². The molecule has 0 saturated heterocycles. The number of halogens is 1. The van der Waals surface area contributed by atoms with Crippen molar-refractivity contribution < 1.29 is 13.9 Å². The van der Waals surface area contributed by atoms with E-state index in [1.54, 1.807) is 36.9 Å². The summed E-state index contributed by atoms with van der Waals surface area (Å²) in [5.41, 5.74) is 2.09. The molecule has 3 aromatic rings. The van der Waals surface area contributed by atoms with E-state index in [1.165, 1.54) is 6.07 Å². The number of benzene rings is 2. The second-order valence-corrected chi connectivity index (χ2v) is 5.29. The fraction of sp³-hybridized carbons (Fsp3) is 0.167. The highest BCUT2D eigenvalue weighted by Gasteiger charge is 2.15. The molecule has 0 atom stereocenters. The Morgan fingerprint density at radius 2 is 1.96 bits per heavy atom. The van der Waals surface area contributed by atoms with Gasteiger partial charge in [0.25, 0.3) is 5.91 Å². The van der Waals surface area contributed by atoms with Crippen LogP contribution >= 0.6 is 0 Å². The molecule has 0 bridgehead atoms. The third kappa shape index (κ3) is 2.90. The number of carbonyl (C=O) groups excluding carboxylic acids is 1. The Kier molecular flexibility index (Phi) is 4.02. The highest BCUT2D eigenvalue weighted by molar-refractivity contribution is 5.98. The zero-order valence-electron chi connectivity index (χ0n) is 13.0. The minimum Gasteiger partial charge on any atom is -0.497 e. The number of amides is 1. The Morgan fingerprint density at radius 3 is 2.61 bits per heavy atom. The fourth-order valence-corrected chi connectivity index (χ4v) is 2.56. The molecule has 4 nitrogen and oxygen atoms in total. The molecule has 0 aliphatic heterocycles. The van der Waals surface area contributed by atoms with E-state index in [2.05, 4.69) is 5.32 Å². The van der Waals surface area contributed by atoms with E-state index in [0.717, 1.165) is 11.3 Å². The summed E-state index contributed by atoms with van der Waals surface area (Å²) in [5.74, 6) is 0.204. The number of ether oxygens (including phenoxy) is 1. The number of hydrogen-bond donors (Lipinski definition) is 1. The summed E-state index contributed by atoms with van der Waals surface area (Å²) < 4.78 is 20.6. The average Bonchev–Trinajstić information content (AvgIpc) is 2.92. The van der Waals surface area contributed by atoms with E-state index in [0.29, 0.717) is 23.1 Å². The second-order valence-electron chi connectivity index (χ2n) is 5.29. The molecule has 1 heterocycles. The van der Waals surface area contributed by atoms with E-state index < -0.39 is 0 Å². The molecule has 0 fully saturated rings. The van der Waals surface area contributed by atoms with Crippen molar-refractivity contribution in [3.8, 4) is 5.75 Å². The number of carbonyl (C=O) groups is 1. The van der Waals surface area contributed by atoms with Crippen LogP contribution in [0.1, 0.15) is 16.1 Å². The molecule has 0 aliphatic rings. The molecule has 118 valence electrons. The molecule has 0 aliphatic carbocycles. The molecule has 1 amide bonds. The maximum Gasteiger partial charge on any atom is 0.268 e. The van der Waals surface area contributed by atoms with Gasteiger partial charge in [0.2, 0.25) is 0 Å². The lowest BCUT2D eigenvalue weighted by Gasteiger charge is -2.07. The van der Waals surface area contributed by atoms with E-state index >= 15 is 0 Å². The maximum absolute atomic E-state index is 13.8. The minimum atomic E-state index is -0.327. The number of fused-ring (bicyclic) bond motifs is 1. The first kappa shape index (κ1) is 15.1. The molecule has 1 aromatic heterocycles. The maximum atomic E-state index is 13.8. The van der Waals surface area contributed by atoms with Crippen molar-refractivity contribution in [1.29, 1.82) is 0 Å². The lowest BCUT2D eigenvalue weighted by atomic mass is 10.2. The van der Waals surface area contributed by atoms with E-state index in [1.807, 2.05) is 24.3 Å². The lowest BCUT2D eigenvalue weighted by molar-refractivity contribution is 0.0943. The second kappa shape index (κ2) is 6.12. The van der Waals surface area contributed by atoms with E-state index in [9.17, 15) is 9.18 Å². The standard InChI is InChI=1S/C18H17FN2O2/c1-21-16-5-3-4-15(19)14(16)10-17(21)18(22)20-11-12-6-8-13(23-2)9-7-12/h3-10H,11H2,1-2H3,(H,20,22). The Bertz CT molecular complexity index is 853. The molecule has 0 saturated carbocycles. The van der Waals surface area contributed by atoms with Gasteiger partial charge in [0.15, 0.2) is 0 Å². The van der Waals surface area contributed by atoms with Crippen LogP contribution in [0.15, 0.2) is 48.5 Å². The summed E-state index contributed by atoms with van der Waals surface area (Å²) in [4.78, 5) is 12.4. The number of aromatic nitrogens is 1. The zero-order valence-corrected chi connectivity index (χ0v) is 13.0. The predicted molar refractivity (Wildman–Crippen MR) is 87.0 cm³/mol. The van der Waals surface area contributed by atoms with Crippen molar-refractivity contribution in [2.24, 2.45) is 7.05 Å². The molecule has 0 radical (unpaired) electrons. The molecule has 23 heavy (non-hydrogen) atoms. The molecule has 5 heteroatoms. The van der Waals surface area contributed by atoms with Gasteiger partial charge in [0.05, 0.1) is 12.6 Å². The first-order valence-corrected chi connectivity index (χ1v) is 7.25. The van der Waals surface area contributed by atoms with Crippen LogP contribution in [-0.2, 0) is 13.6 Å². The van der Waals surface area contributed by atoms with Crippen LogP contribution in [0.25, 0.3) is 10.9 Å². The van der Waals surface area contributed by atoms with E-state index in [-0.39, 0.29) is 11.7 Å². The Hall–Kier alpha value is -2.82. The third-order valence-electron chi connectivity index (χ3n) is 3.88. The topological polar surface area (TPSA) is 43.3 Å². The van der Waals surface area contributed by atoms with Crippen LogP contribution in [0, 0.1) is 5.82 Å². The van der Waals surface area contributed by atoms with Crippen molar-refractivity contribution in [2.75, 3.05) is 7.11 Å². The molecule has 0 unspecified atom stereocenters. The highest BCUT2D eigenvalue weighted by atomic mass is 19.1. The van der Waals surface area contributed by atoms with Crippen LogP contribution in [-0.4, -0.2) is 17.6 Å². The van der Waals surface area contributed by atoms with Crippen LogP contribution < -0.4 is 10.1 Å². The van der Waals surface area contributed by atoms with Crippen LogP contribution in [0.5, 0.6) is 5.75 Å². The number of nitrogens with zero attached hydrogens (tertiary/aromatic N) is 1. The number of nitrogens with one attached hydrogen (secondary N) is 1.